The van der Waals surface area contributed by atoms with Crippen LogP contribution < -0.4 is 5.32 Å². The van der Waals surface area contributed by atoms with Gasteiger partial charge >= 0.3 is 5.97 Å². The van der Waals surface area contributed by atoms with E-state index in [-0.39, 0.29) is 11.9 Å². The van der Waals surface area contributed by atoms with Crippen LogP contribution in [-0.2, 0) is 22.4 Å². The fraction of sp³-hybridized carbons (Fsp3) is 0.368. The highest BCUT2D eigenvalue weighted by Gasteiger charge is 2.29. The number of anilines is 1. The molecule has 1 amide bonds. The van der Waals surface area contributed by atoms with Crippen LogP contribution in [0.25, 0.3) is 6.08 Å². The summed E-state index contributed by atoms with van der Waals surface area (Å²) in [5, 5.41) is 5.44. The van der Waals surface area contributed by atoms with Crippen molar-refractivity contribution >= 4 is 45.6 Å². The average molecular weight is 376 g/mol. The molecule has 0 saturated carbocycles. The molecule has 0 saturated heterocycles. The molecule has 1 aliphatic rings. The van der Waals surface area contributed by atoms with Crippen molar-refractivity contribution in [3.63, 3.8) is 0 Å². The van der Waals surface area contributed by atoms with Crippen LogP contribution in [0.3, 0.4) is 0 Å². The van der Waals surface area contributed by atoms with Gasteiger partial charge in [-0.25, -0.2) is 4.79 Å². The summed E-state index contributed by atoms with van der Waals surface area (Å²) in [4.78, 5) is 26.7. The van der Waals surface area contributed by atoms with E-state index in [0.29, 0.717) is 16.5 Å². The van der Waals surface area contributed by atoms with Crippen LogP contribution in [0.1, 0.15) is 45.4 Å². The minimum Gasteiger partial charge on any atom is -0.465 e. The summed E-state index contributed by atoms with van der Waals surface area (Å²) in [6, 6.07) is 3.89. The third-order valence-corrected chi connectivity index (χ3v) is 6.52. The van der Waals surface area contributed by atoms with Crippen LogP contribution in [0.5, 0.6) is 0 Å². The van der Waals surface area contributed by atoms with E-state index in [0.717, 1.165) is 36.1 Å². The van der Waals surface area contributed by atoms with Crippen molar-refractivity contribution in [2.24, 2.45) is 5.92 Å². The van der Waals surface area contributed by atoms with E-state index in [1.807, 2.05) is 17.5 Å². The Balaban J connectivity index is 1.83. The monoisotopic (exact) mass is 375 g/mol. The molecule has 0 radical (unpaired) electrons. The Morgan fingerprint density at radius 1 is 1.44 bits per heavy atom. The zero-order valence-corrected chi connectivity index (χ0v) is 16.0. The molecule has 25 heavy (non-hydrogen) atoms. The van der Waals surface area contributed by atoms with Crippen LogP contribution >= 0.6 is 22.7 Å². The molecule has 6 heteroatoms. The van der Waals surface area contributed by atoms with Gasteiger partial charge in [0.2, 0.25) is 5.91 Å². The maximum absolute atomic E-state index is 12.3. The van der Waals surface area contributed by atoms with E-state index in [1.165, 1.54) is 29.4 Å². The van der Waals surface area contributed by atoms with Crippen LogP contribution in [0.4, 0.5) is 5.00 Å². The Bertz CT molecular complexity index is 790. The summed E-state index contributed by atoms with van der Waals surface area (Å²) in [6.45, 7) is 2.20. The van der Waals surface area contributed by atoms with Gasteiger partial charge in [0.15, 0.2) is 0 Å². The lowest BCUT2D eigenvalue weighted by molar-refractivity contribution is -0.111. The molecule has 1 atom stereocenters. The van der Waals surface area contributed by atoms with Crippen molar-refractivity contribution in [1.29, 1.82) is 0 Å². The molecule has 1 unspecified atom stereocenters. The molecule has 0 aromatic carbocycles. The van der Waals surface area contributed by atoms with E-state index < -0.39 is 0 Å². The summed E-state index contributed by atoms with van der Waals surface area (Å²) in [5.74, 6) is 0.0492. The third kappa shape index (κ3) is 4.02. The van der Waals surface area contributed by atoms with Gasteiger partial charge in [0.05, 0.1) is 12.7 Å². The van der Waals surface area contributed by atoms with Crippen LogP contribution in [0, 0.1) is 5.92 Å². The zero-order chi connectivity index (χ0) is 17.8. The van der Waals surface area contributed by atoms with Gasteiger partial charge < -0.3 is 10.1 Å². The summed E-state index contributed by atoms with van der Waals surface area (Å²) in [6.07, 6.45) is 7.34. The highest BCUT2D eigenvalue weighted by molar-refractivity contribution is 7.17. The fourth-order valence-electron chi connectivity index (χ4n) is 3.11. The number of ether oxygens (including phenoxy) is 1. The molecular weight excluding hydrogens is 354 g/mol. The highest BCUT2D eigenvalue weighted by Crippen LogP contribution is 2.40. The standard InChI is InChI=1S/C19H21NO3S2/c1-3-12-6-8-14-15(11-12)25-18(17(14)19(22)23-2)20-16(21)9-7-13-5-4-10-24-13/h4-5,7,9-10,12H,3,6,8,11H2,1-2H3,(H,20,21). The number of rotatable bonds is 5. The Hall–Kier alpha value is -1.92. The van der Waals surface area contributed by atoms with Gasteiger partial charge in [0.1, 0.15) is 5.00 Å². The molecule has 4 nitrogen and oxygen atoms in total. The summed E-state index contributed by atoms with van der Waals surface area (Å²) >= 11 is 3.08. The Morgan fingerprint density at radius 2 is 2.28 bits per heavy atom. The molecule has 0 spiro atoms. The number of hydrogen-bond donors (Lipinski definition) is 1. The van der Waals surface area contributed by atoms with Gasteiger partial charge in [-0.3, -0.25) is 4.79 Å². The number of hydrogen-bond acceptors (Lipinski definition) is 5. The maximum atomic E-state index is 12.3. The van der Waals surface area contributed by atoms with Crippen molar-refractivity contribution in [3.05, 3.63) is 44.5 Å². The van der Waals surface area contributed by atoms with Crippen molar-refractivity contribution < 1.29 is 14.3 Å². The molecule has 0 bridgehead atoms. The lowest BCUT2D eigenvalue weighted by atomic mass is 9.86. The number of carbonyl (C=O) groups is 2. The van der Waals surface area contributed by atoms with Crippen LogP contribution in [0.15, 0.2) is 23.6 Å². The number of carbonyl (C=O) groups excluding carboxylic acids is 2. The molecule has 2 aromatic rings. The largest absolute Gasteiger partial charge is 0.465 e. The van der Waals surface area contributed by atoms with E-state index in [4.69, 9.17) is 4.74 Å². The van der Waals surface area contributed by atoms with E-state index in [2.05, 4.69) is 12.2 Å². The molecule has 1 aliphatic carbocycles. The number of fused-ring (bicyclic) bond motifs is 1. The normalized spacial score (nSPS) is 16.6. The number of esters is 1. The highest BCUT2D eigenvalue weighted by atomic mass is 32.1. The first-order valence-corrected chi connectivity index (χ1v) is 10.1. The second-order valence-electron chi connectivity index (χ2n) is 6.05. The second-order valence-corrected chi connectivity index (χ2v) is 8.14. The SMILES string of the molecule is CCC1CCc2c(sc(NC(=O)C=Cc3cccs3)c2C(=O)OC)C1. The fourth-order valence-corrected chi connectivity index (χ4v) is 5.08. The average Bonchev–Trinajstić information content (AvgIpc) is 3.25. The van der Waals surface area contributed by atoms with E-state index in [1.54, 1.807) is 17.4 Å². The first-order valence-electron chi connectivity index (χ1n) is 8.37. The first kappa shape index (κ1) is 17.9. The maximum Gasteiger partial charge on any atom is 0.341 e. The van der Waals surface area contributed by atoms with Gasteiger partial charge in [0.25, 0.3) is 0 Å². The molecule has 0 aliphatic heterocycles. The summed E-state index contributed by atoms with van der Waals surface area (Å²) < 4.78 is 4.96. The van der Waals surface area contributed by atoms with E-state index >= 15 is 0 Å². The molecule has 2 aromatic heterocycles. The Morgan fingerprint density at radius 3 is 2.96 bits per heavy atom. The predicted molar refractivity (Wildman–Crippen MR) is 103 cm³/mol. The third-order valence-electron chi connectivity index (χ3n) is 4.51. The Labute approximate surface area is 155 Å². The Kier molecular flexibility index (Phi) is 5.71. The van der Waals surface area contributed by atoms with Gasteiger partial charge in [0, 0.05) is 15.8 Å². The van der Waals surface area contributed by atoms with Gasteiger partial charge in [-0.1, -0.05) is 19.4 Å². The van der Waals surface area contributed by atoms with Crippen molar-refractivity contribution in [1.82, 2.24) is 0 Å². The van der Waals surface area contributed by atoms with Crippen LogP contribution in [-0.4, -0.2) is 19.0 Å². The number of thiophene rings is 2. The number of amides is 1. The predicted octanol–water partition coefficient (Wildman–Crippen LogP) is 4.76. The minimum absolute atomic E-state index is 0.232. The first-order chi connectivity index (χ1) is 12.1. The smallest absolute Gasteiger partial charge is 0.341 e. The summed E-state index contributed by atoms with van der Waals surface area (Å²) in [7, 11) is 1.38. The topological polar surface area (TPSA) is 55.4 Å². The van der Waals surface area contributed by atoms with Gasteiger partial charge in [-0.2, -0.15) is 0 Å². The minimum atomic E-state index is -0.370. The van der Waals surface area contributed by atoms with Crippen molar-refractivity contribution in [2.45, 2.75) is 32.6 Å². The molecule has 3 rings (SSSR count). The molecule has 1 N–H and O–H groups in total. The van der Waals surface area contributed by atoms with Crippen LogP contribution in [0.2, 0.25) is 0 Å². The number of methoxy groups -OCH3 is 1. The van der Waals surface area contributed by atoms with Crippen molar-refractivity contribution in [2.75, 3.05) is 12.4 Å². The molecule has 0 fully saturated rings. The molecular formula is C19H21NO3S2. The quantitative estimate of drug-likeness (QED) is 0.605. The molecule has 132 valence electrons. The lowest BCUT2D eigenvalue weighted by Gasteiger charge is -2.20. The van der Waals surface area contributed by atoms with Crippen molar-refractivity contribution in [3.8, 4) is 0 Å². The zero-order valence-electron chi connectivity index (χ0n) is 14.3. The number of nitrogens with one attached hydrogen (secondary N) is 1. The van der Waals surface area contributed by atoms with E-state index in [9.17, 15) is 9.59 Å². The second kappa shape index (κ2) is 7.97. The lowest BCUT2D eigenvalue weighted by Crippen LogP contribution is -2.15. The van der Waals surface area contributed by atoms with Gasteiger partial charge in [-0.15, -0.1) is 22.7 Å². The summed E-state index contributed by atoms with van der Waals surface area (Å²) in [5.41, 5.74) is 1.59. The molecule has 2 heterocycles. The van der Waals surface area contributed by atoms with Gasteiger partial charge in [-0.05, 0) is 48.3 Å².